The first kappa shape index (κ1) is 21.1. The van der Waals surface area contributed by atoms with Gasteiger partial charge in [0.05, 0.1) is 22.2 Å². The molecule has 0 aliphatic carbocycles. The average molecular weight is 460 g/mol. The molecule has 2 aromatic carbocycles. The van der Waals surface area contributed by atoms with Crippen LogP contribution in [0, 0.1) is 0 Å². The van der Waals surface area contributed by atoms with Gasteiger partial charge in [0.25, 0.3) is 0 Å². The van der Waals surface area contributed by atoms with Crippen LogP contribution in [0.4, 0.5) is 5.95 Å². The predicted molar refractivity (Wildman–Crippen MR) is 116 cm³/mol. The highest BCUT2D eigenvalue weighted by molar-refractivity contribution is 6.42. The second kappa shape index (κ2) is 8.95. The van der Waals surface area contributed by atoms with Gasteiger partial charge in [0.1, 0.15) is 18.4 Å². The molecule has 10 heteroatoms. The van der Waals surface area contributed by atoms with Crippen LogP contribution in [-0.2, 0) is 16.1 Å². The van der Waals surface area contributed by atoms with Crippen LogP contribution in [0.15, 0.2) is 53.7 Å². The topological polar surface area (TPSA) is 91.2 Å². The molecule has 0 bridgehead atoms. The number of nitrogens with one attached hydrogen (secondary N) is 1. The average Bonchev–Trinajstić information content (AvgIpc) is 3.22. The van der Waals surface area contributed by atoms with Crippen molar-refractivity contribution in [3.8, 4) is 5.75 Å². The van der Waals surface area contributed by atoms with Crippen molar-refractivity contribution in [2.24, 2.45) is 0 Å². The maximum atomic E-state index is 12.7. The summed E-state index contributed by atoms with van der Waals surface area (Å²) in [6, 6.07) is 12.2. The maximum Gasteiger partial charge on any atom is 0.338 e. The van der Waals surface area contributed by atoms with Gasteiger partial charge >= 0.3 is 5.97 Å². The molecular formula is C21H19Cl2N5O3. The molecule has 31 heavy (non-hydrogen) atoms. The number of hydrogen-bond donors (Lipinski definition) is 1. The van der Waals surface area contributed by atoms with Gasteiger partial charge in [0.2, 0.25) is 5.95 Å². The number of aromatic nitrogens is 4. The van der Waals surface area contributed by atoms with E-state index in [0.717, 1.165) is 11.1 Å². The smallest absolute Gasteiger partial charge is 0.338 e. The van der Waals surface area contributed by atoms with E-state index < -0.39 is 12.0 Å². The number of nitrogens with zero attached hydrogens (tertiary/aromatic N) is 4. The molecule has 0 spiro atoms. The third kappa shape index (κ3) is 4.35. The van der Waals surface area contributed by atoms with E-state index in [9.17, 15) is 4.79 Å². The van der Waals surface area contributed by atoms with Crippen LogP contribution in [0.5, 0.6) is 5.75 Å². The summed E-state index contributed by atoms with van der Waals surface area (Å²) in [4.78, 5) is 12.7. The summed E-state index contributed by atoms with van der Waals surface area (Å²) >= 11 is 12.0. The first-order valence-electron chi connectivity index (χ1n) is 9.57. The Bertz CT molecular complexity index is 1140. The molecule has 4 rings (SSSR count). The summed E-state index contributed by atoms with van der Waals surface area (Å²) < 4.78 is 12.7. The Morgan fingerprint density at radius 1 is 1.16 bits per heavy atom. The fourth-order valence-corrected chi connectivity index (χ4v) is 3.66. The fraction of sp³-hybridized carbons (Fsp3) is 0.238. The molecule has 1 aromatic heterocycles. The molecule has 0 saturated carbocycles. The summed E-state index contributed by atoms with van der Waals surface area (Å²) in [7, 11) is 0. The van der Waals surface area contributed by atoms with Crippen LogP contribution in [0.25, 0.3) is 0 Å². The minimum atomic E-state index is -0.519. The van der Waals surface area contributed by atoms with Crippen LogP contribution >= 0.6 is 23.2 Å². The van der Waals surface area contributed by atoms with E-state index in [1.165, 1.54) is 0 Å². The number of allylic oxidation sites excluding steroid dienone is 1. The summed E-state index contributed by atoms with van der Waals surface area (Å²) in [6.45, 7) is 4.17. The number of tetrazole rings is 1. The van der Waals surface area contributed by atoms with Crippen LogP contribution in [0.2, 0.25) is 10.0 Å². The second-order valence-corrected chi connectivity index (χ2v) is 7.65. The van der Waals surface area contributed by atoms with Gasteiger partial charge in [0, 0.05) is 5.70 Å². The third-order valence-electron chi connectivity index (χ3n) is 4.79. The van der Waals surface area contributed by atoms with Gasteiger partial charge in [-0.05, 0) is 59.7 Å². The molecule has 160 valence electrons. The van der Waals surface area contributed by atoms with Crippen molar-refractivity contribution in [1.82, 2.24) is 20.2 Å². The molecule has 0 fully saturated rings. The molecule has 1 N–H and O–H groups in total. The summed E-state index contributed by atoms with van der Waals surface area (Å²) in [5, 5.41) is 15.8. The Balaban J connectivity index is 1.58. The molecule has 3 aromatic rings. The van der Waals surface area contributed by atoms with Crippen molar-refractivity contribution >= 4 is 35.1 Å². The van der Waals surface area contributed by atoms with E-state index in [1.54, 1.807) is 30.7 Å². The Morgan fingerprint density at radius 2 is 1.94 bits per heavy atom. The Hall–Kier alpha value is -3.10. The van der Waals surface area contributed by atoms with Crippen LogP contribution in [0.1, 0.15) is 31.0 Å². The lowest BCUT2D eigenvalue weighted by atomic mass is 9.96. The summed E-state index contributed by atoms with van der Waals surface area (Å²) in [6.07, 6.45) is 0. The lowest BCUT2D eigenvalue weighted by Crippen LogP contribution is -2.29. The van der Waals surface area contributed by atoms with E-state index in [4.69, 9.17) is 32.7 Å². The molecule has 2 heterocycles. The highest BCUT2D eigenvalue weighted by Gasteiger charge is 2.34. The van der Waals surface area contributed by atoms with Crippen molar-refractivity contribution in [2.75, 3.05) is 11.9 Å². The minimum Gasteiger partial charge on any atom is -0.489 e. The Labute approximate surface area is 188 Å². The van der Waals surface area contributed by atoms with Crippen molar-refractivity contribution < 1.29 is 14.3 Å². The zero-order chi connectivity index (χ0) is 22.0. The first-order valence-corrected chi connectivity index (χ1v) is 10.3. The first-order chi connectivity index (χ1) is 15.0. The van der Waals surface area contributed by atoms with Gasteiger partial charge < -0.3 is 14.8 Å². The molecular weight excluding hydrogens is 441 g/mol. The van der Waals surface area contributed by atoms with Gasteiger partial charge in [-0.1, -0.05) is 46.5 Å². The van der Waals surface area contributed by atoms with Crippen LogP contribution in [-0.4, -0.2) is 32.8 Å². The molecule has 0 amide bonds. The van der Waals surface area contributed by atoms with Crippen molar-refractivity contribution in [3.05, 3.63) is 74.9 Å². The number of fused-ring (bicyclic) bond motifs is 1. The lowest BCUT2D eigenvalue weighted by Gasteiger charge is -2.27. The zero-order valence-electron chi connectivity index (χ0n) is 16.8. The standard InChI is InChI=1S/C21H19Cl2N5O3/c1-3-30-20(29)18-12(2)24-21-25-26-27-28(21)19(18)14-5-7-15(8-6-14)31-11-13-4-9-16(22)17(23)10-13/h4-10,19H,3,11H2,1-2H3,(H,24,25,27). The number of benzene rings is 2. The van der Waals surface area contributed by atoms with Gasteiger partial charge in [-0.15, -0.1) is 0 Å². The van der Waals surface area contributed by atoms with Gasteiger partial charge in [0.15, 0.2) is 0 Å². The fourth-order valence-electron chi connectivity index (χ4n) is 3.34. The molecule has 0 saturated heterocycles. The summed E-state index contributed by atoms with van der Waals surface area (Å²) in [5.41, 5.74) is 2.81. The molecule has 8 nitrogen and oxygen atoms in total. The number of halogens is 2. The lowest BCUT2D eigenvalue weighted by molar-refractivity contribution is -0.139. The number of carbonyl (C=O) groups excluding carboxylic acids is 1. The van der Waals surface area contributed by atoms with Gasteiger partial charge in [-0.25, -0.2) is 4.79 Å². The number of esters is 1. The maximum absolute atomic E-state index is 12.7. The van der Waals surface area contributed by atoms with Crippen LogP contribution < -0.4 is 10.1 Å². The highest BCUT2D eigenvalue weighted by Crippen LogP contribution is 2.35. The minimum absolute atomic E-state index is 0.270. The van der Waals surface area contributed by atoms with E-state index in [-0.39, 0.29) is 6.61 Å². The number of carbonyl (C=O) groups is 1. The normalized spacial score (nSPS) is 15.3. The van der Waals surface area contributed by atoms with Gasteiger partial charge in [-0.3, -0.25) is 0 Å². The SMILES string of the molecule is CCOC(=O)C1=C(C)Nc2nnnn2C1c1ccc(OCc2ccc(Cl)c(Cl)c2)cc1. The Kier molecular flexibility index (Phi) is 6.11. The number of anilines is 1. The Morgan fingerprint density at radius 3 is 2.65 bits per heavy atom. The van der Waals surface area contributed by atoms with Crippen molar-refractivity contribution in [1.29, 1.82) is 0 Å². The highest BCUT2D eigenvalue weighted by atomic mass is 35.5. The summed E-state index contributed by atoms with van der Waals surface area (Å²) in [5.74, 6) is 0.702. The largest absolute Gasteiger partial charge is 0.489 e. The van der Waals surface area contributed by atoms with E-state index in [2.05, 4.69) is 20.8 Å². The van der Waals surface area contributed by atoms with Gasteiger partial charge in [-0.2, -0.15) is 4.68 Å². The van der Waals surface area contributed by atoms with Crippen LogP contribution in [0.3, 0.4) is 0 Å². The predicted octanol–water partition coefficient (Wildman–Crippen LogP) is 4.41. The van der Waals surface area contributed by atoms with E-state index in [0.29, 0.717) is 39.6 Å². The molecule has 0 radical (unpaired) electrons. The monoisotopic (exact) mass is 459 g/mol. The zero-order valence-corrected chi connectivity index (χ0v) is 18.3. The van der Waals surface area contributed by atoms with Crippen molar-refractivity contribution in [2.45, 2.75) is 26.5 Å². The molecule has 1 unspecified atom stereocenters. The molecule has 1 atom stereocenters. The van der Waals surface area contributed by atoms with Crippen molar-refractivity contribution in [3.63, 3.8) is 0 Å². The number of hydrogen-bond acceptors (Lipinski definition) is 7. The third-order valence-corrected chi connectivity index (χ3v) is 5.53. The number of rotatable bonds is 6. The van der Waals surface area contributed by atoms with E-state index >= 15 is 0 Å². The molecule has 1 aliphatic rings. The second-order valence-electron chi connectivity index (χ2n) is 6.84. The quantitative estimate of drug-likeness (QED) is 0.545. The molecule has 1 aliphatic heterocycles. The number of ether oxygens (including phenoxy) is 2. The van der Waals surface area contributed by atoms with E-state index in [1.807, 2.05) is 30.3 Å².